The van der Waals surface area contributed by atoms with Crippen LogP contribution < -0.4 is 0 Å². The first-order valence-electron chi connectivity index (χ1n) is 3.57. The van der Waals surface area contributed by atoms with Gasteiger partial charge in [0, 0.05) is 9.49 Å². The van der Waals surface area contributed by atoms with Crippen LogP contribution in [0.15, 0.2) is 0 Å². The Morgan fingerprint density at radius 1 is 0.800 bits per heavy atom. The number of hydrogen-bond acceptors (Lipinski definition) is 1. The van der Waals surface area contributed by atoms with Crippen LogP contribution in [0.25, 0.3) is 0 Å². The van der Waals surface area contributed by atoms with Crippen LogP contribution >= 0.6 is 0 Å². The van der Waals surface area contributed by atoms with Gasteiger partial charge < -0.3 is 0 Å². The Hall–Kier alpha value is 0.570. The maximum absolute atomic E-state index is 5.44. The molecule has 0 amide bonds. The van der Waals surface area contributed by atoms with Gasteiger partial charge in [0.05, 0.1) is 0 Å². The maximum Gasteiger partial charge on any atom is 0.0126 e. The Morgan fingerprint density at radius 2 is 1.00 bits per heavy atom. The van der Waals surface area contributed by atoms with Crippen molar-refractivity contribution < 1.29 is 0 Å². The minimum absolute atomic E-state index is 0.0787. The largest absolute Gasteiger partial charge is 0.111 e. The lowest BCUT2D eigenvalue weighted by Crippen LogP contribution is -2.35. The standard InChI is InChI=1S/C8H18S2/c1-7(2,3)10(9)8(4,5)6/h1-6H3. The van der Waals surface area contributed by atoms with Crippen molar-refractivity contribution in [2.75, 3.05) is 0 Å². The van der Waals surface area contributed by atoms with Gasteiger partial charge in [0.15, 0.2) is 0 Å². The second-order valence-electron chi connectivity index (χ2n) is 4.49. The quantitative estimate of drug-likeness (QED) is 0.549. The molecule has 0 bridgehead atoms. The summed E-state index contributed by atoms with van der Waals surface area (Å²) in [5, 5.41) is 0. The molecule has 0 saturated heterocycles. The highest BCUT2D eigenvalue weighted by molar-refractivity contribution is 8.30. The van der Waals surface area contributed by atoms with Gasteiger partial charge in [0.25, 0.3) is 0 Å². The van der Waals surface area contributed by atoms with E-state index in [2.05, 4.69) is 41.5 Å². The van der Waals surface area contributed by atoms with Gasteiger partial charge in [-0.25, -0.2) is 0 Å². The van der Waals surface area contributed by atoms with Gasteiger partial charge in [0.2, 0.25) is 0 Å². The molecule has 0 aliphatic carbocycles. The molecule has 0 fully saturated rings. The summed E-state index contributed by atoms with van der Waals surface area (Å²) in [7, 11) is 0.0787. The van der Waals surface area contributed by atoms with Crippen molar-refractivity contribution in [2.45, 2.75) is 51.0 Å². The van der Waals surface area contributed by atoms with Crippen LogP contribution in [0, 0.1) is 0 Å². The van der Waals surface area contributed by atoms with E-state index in [-0.39, 0.29) is 18.9 Å². The maximum atomic E-state index is 5.44. The first-order valence-corrected chi connectivity index (χ1v) is 5.72. The summed E-state index contributed by atoms with van der Waals surface area (Å²) in [5.74, 6) is 0. The number of hydrogen-bond donors (Lipinski definition) is 0. The fourth-order valence-corrected chi connectivity index (χ4v) is 2.76. The lowest BCUT2D eigenvalue weighted by molar-refractivity contribution is 0.734. The molecular formula is C8H18S2. The van der Waals surface area contributed by atoms with Crippen molar-refractivity contribution in [1.82, 2.24) is 0 Å². The second kappa shape index (κ2) is 2.90. The van der Waals surface area contributed by atoms with Crippen LogP contribution in [-0.2, 0) is 20.6 Å². The molecule has 0 rings (SSSR count). The summed E-state index contributed by atoms with van der Waals surface area (Å²) in [6.07, 6.45) is 0. The lowest BCUT2D eigenvalue weighted by atomic mass is 10.2. The average Bonchev–Trinajstić information content (AvgIpc) is 1.59. The molecule has 2 heteroatoms. The molecule has 0 aromatic heterocycles. The van der Waals surface area contributed by atoms with Gasteiger partial charge >= 0.3 is 0 Å². The summed E-state index contributed by atoms with van der Waals surface area (Å²) in [4.78, 5) is 0. The highest BCUT2D eigenvalue weighted by Crippen LogP contribution is 2.23. The van der Waals surface area contributed by atoms with Crippen LogP contribution in [0.5, 0.6) is 0 Å². The van der Waals surface area contributed by atoms with Crippen molar-refractivity contribution in [2.24, 2.45) is 0 Å². The minimum Gasteiger partial charge on any atom is -0.111 e. The van der Waals surface area contributed by atoms with Gasteiger partial charge in [-0.15, -0.1) is 9.45 Å². The van der Waals surface area contributed by atoms with E-state index in [1.54, 1.807) is 0 Å². The first-order chi connectivity index (χ1) is 4.15. The molecule has 0 aromatic carbocycles. The molecule has 10 heavy (non-hydrogen) atoms. The minimum atomic E-state index is 0.0787. The zero-order chi connectivity index (χ0) is 8.58. The van der Waals surface area contributed by atoms with Crippen molar-refractivity contribution in [3.63, 3.8) is 0 Å². The van der Waals surface area contributed by atoms with E-state index in [1.165, 1.54) is 0 Å². The molecular weight excluding hydrogens is 160 g/mol. The molecule has 0 aliphatic rings. The van der Waals surface area contributed by atoms with E-state index in [9.17, 15) is 0 Å². The van der Waals surface area contributed by atoms with Gasteiger partial charge in [0.1, 0.15) is 0 Å². The van der Waals surface area contributed by atoms with Crippen LogP contribution in [0.1, 0.15) is 41.5 Å². The van der Waals surface area contributed by atoms with E-state index >= 15 is 0 Å². The SMILES string of the molecule is CC(C)(C)S(=S)C(C)(C)C. The zero-order valence-electron chi connectivity index (χ0n) is 7.82. The predicted octanol–water partition coefficient (Wildman–Crippen LogP) is 2.66. The van der Waals surface area contributed by atoms with Gasteiger partial charge in [-0.2, -0.15) is 0 Å². The Kier molecular flexibility index (Phi) is 3.06. The molecule has 0 heterocycles. The first kappa shape index (κ1) is 10.6. The molecule has 0 atom stereocenters. The molecule has 0 N–H and O–H groups in total. The third-order valence-corrected chi connectivity index (χ3v) is 6.34. The normalized spacial score (nSPS) is 14.3. The summed E-state index contributed by atoms with van der Waals surface area (Å²) < 4.78 is 0.571. The zero-order valence-corrected chi connectivity index (χ0v) is 9.45. The van der Waals surface area contributed by atoms with Crippen LogP contribution in [0.2, 0.25) is 0 Å². The van der Waals surface area contributed by atoms with Crippen molar-refractivity contribution >= 4 is 20.6 Å². The highest BCUT2D eigenvalue weighted by atomic mass is 32.8. The molecule has 0 aliphatic heterocycles. The number of rotatable bonds is 0. The van der Waals surface area contributed by atoms with Crippen LogP contribution in [0.4, 0.5) is 0 Å². The third kappa shape index (κ3) is 3.11. The molecule has 0 unspecified atom stereocenters. The summed E-state index contributed by atoms with van der Waals surface area (Å²) in [6.45, 7) is 13.3. The molecule has 0 aromatic rings. The fourth-order valence-electron chi connectivity index (χ4n) is 0.919. The Balaban J connectivity index is 4.40. The van der Waals surface area contributed by atoms with Crippen molar-refractivity contribution in [1.29, 1.82) is 0 Å². The average molecular weight is 178 g/mol. The van der Waals surface area contributed by atoms with Gasteiger partial charge in [-0.3, -0.25) is 0 Å². The third-order valence-electron chi connectivity index (χ3n) is 1.11. The predicted molar refractivity (Wildman–Crippen MR) is 54.2 cm³/mol. The molecule has 0 nitrogen and oxygen atoms in total. The molecule has 0 radical (unpaired) electrons. The smallest absolute Gasteiger partial charge is 0.0126 e. The van der Waals surface area contributed by atoms with E-state index < -0.39 is 0 Å². The molecule has 0 spiro atoms. The van der Waals surface area contributed by atoms with Crippen molar-refractivity contribution in [3.8, 4) is 0 Å². The van der Waals surface area contributed by atoms with Crippen LogP contribution in [0.3, 0.4) is 0 Å². The summed E-state index contributed by atoms with van der Waals surface area (Å²) in [6, 6.07) is 0. The van der Waals surface area contributed by atoms with Crippen LogP contribution in [-0.4, -0.2) is 9.49 Å². The fraction of sp³-hybridized carbons (Fsp3) is 1.00. The van der Waals surface area contributed by atoms with Gasteiger partial charge in [-0.05, 0) is 0 Å². The topological polar surface area (TPSA) is 0 Å². The second-order valence-corrected chi connectivity index (χ2v) is 8.48. The Morgan fingerprint density at radius 3 is 1.00 bits per heavy atom. The van der Waals surface area contributed by atoms with E-state index in [0.717, 1.165) is 0 Å². The Labute approximate surface area is 72.0 Å². The van der Waals surface area contributed by atoms with E-state index in [1.807, 2.05) is 0 Å². The summed E-state index contributed by atoms with van der Waals surface area (Å²) >= 11 is 5.44. The monoisotopic (exact) mass is 178 g/mol. The lowest BCUT2D eigenvalue weighted by Gasteiger charge is -2.32. The molecule has 0 saturated carbocycles. The summed E-state index contributed by atoms with van der Waals surface area (Å²) in [5.41, 5.74) is 0. The van der Waals surface area contributed by atoms with Gasteiger partial charge in [-0.1, -0.05) is 52.7 Å². The Bertz CT molecular complexity index is 118. The van der Waals surface area contributed by atoms with E-state index in [0.29, 0.717) is 0 Å². The van der Waals surface area contributed by atoms with Crippen molar-refractivity contribution in [3.05, 3.63) is 0 Å². The highest BCUT2D eigenvalue weighted by Gasteiger charge is 2.25. The molecule has 62 valence electrons. The van der Waals surface area contributed by atoms with E-state index in [4.69, 9.17) is 11.2 Å².